The molecule has 0 saturated heterocycles. The fourth-order valence-corrected chi connectivity index (χ4v) is 2.95. The second-order valence-electron chi connectivity index (χ2n) is 4.24. The van der Waals surface area contributed by atoms with Crippen LogP contribution in [0, 0.1) is 0 Å². The highest BCUT2D eigenvalue weighted by Gasteiger charge is 2.20. The lowest BCUT2D eigenvalue weighted by Gasteiger charge is -2.13. The van der Waals surface area contributed by atoms with Gasteiger partial charge in [0.1, 0.15) is 6.04 Å². The molecule has 20 heavy (non-hydrogen) atoms. The van der Waals surface area contributed by atoms with Crippen molar-refractivity contribution in [1.82, 2.24) is 14.7 Å². The van der Waals surface area contributed by atoms with Gasteiger partial charge in [0, 0.05) is 17.8 Å². The summed E-state index contributed by atoms with van der Waals surface area (Å²) in [6.07, 6.45) is 6.06. The van der Waals surface area contributed by atoms with Gasteiger partial charge in [-0.25, -0.2) is 9.78 Å². The molecule has 2 aromatic rings. The highest BCUT2D eigenvalue weighted by atomic mass is 32.2. The predicted octanol–water partition coefficient (Wildman–Crippen LogP) is 1.26. The second kappa shape index (κ2) is 6.76. The quantitative estimate of drug-likeness (QED) is 0.804. The molecule has 8 heteroatoms. The van der Waals surface area contributed by atoms with Gasteiger partial charge in [0.25, 0.3) is 0 Å². The van der Waals surface area contributed by atoms with Crippen LogP contribution in [0.15, 0.2) is 17.8 Å². The van der Waals surface area contributed by atoms with E-state index in [4.69, 9.17) is 5.11 Å². The first-order chi connectivity index (χ1) is 9.60. The normalized spacial score (nSPS) is 12.4. The zero-order valence-electron chi connectivity index (χ0n) is 10.9. The Kier molecular flexibility index (Phi) is 5.02. The SMILES string of the molecule is CSCCC(NC(=O)Cc1cn2ccsc2n1)C(=O)O. The van der Waals surface area contributed by atoms with Crippen LogP contribution in [0.5, 0.6) is 0 Å². The minimum absolute atomic E-state index is 0.0947. The molecule has 0 aliphatic rings. The van der Waals surface area contributed by atoms with E-state index in [0.717, 1.165) is 4.96 Å². The lowest BCUT2D eigenvalue weighted by molar-refractivity contribution is -0.141. The molecular weight excluding hydrogens is 298 g/mol. The maximum Gasteiger partial charge on any atom is 0.326 e. The van der Waals surface area contributed by atoms with E-state index >= 15 is 0 Å². The summed E-state index contributed by atoms with van der Waals surface area (Å²) in [5, 5.41) is 13.5. The summed E-state index contributed by atoms with van der Waals surface area (Å²) in [4.78, 5) is 28.0. The number of imidazole rings is 1. The van der Waals surface area contributed by atoms with Gasteiger partial charge in [-0.3, -0.25) is 9.20 Å². The molecule has 1 amide bonds. The fraction of sp³-hybridized carbons (Fsp3) is 0.417. The predicted molar refractivity (Wildman–Crippen MR) is 79.3 cm³/mol. The number of aliphatic carboxylic acids is 1. The molecule has 0 bridgehead atoms. The van der Waals surface area contributed by atoms with Crippen molar-refractivity contribution in [1.29, 1.82) is 0 Å². The molecule has 1 unspecified atom stereocenters. The number of carboxylic acid groups (broad SMARTS) is 1. The first-order valence-corrected chi connectivity index (χ1v) is 8.29. The Labute approximate surface area is 124 Å². The summed E-state index contributed by atoms with van der Waals surface area (Å²) in [6.45, 7) is 0. The molecule has 108 valence electrons. The number of aromatic nitrogens is 2. The number of rotatable bonds is 7. The molecule has 6 nitrogen and oxygen atoms in total. The Morgan fingerprint density at radius 1 is 1.60 bits per heavy atom. The van der Waals surface area contributed by atoms with E-state index in [9.17, 15) is 9.59 Å². The number of amides is 1. The minimum atomic E-state index is -1.00. The Morgan fingerprint density at radius 3 is 3.05 bits per heavy atom. The third kappa shape index (κ3) is 3.73. The number of carboxylic acids is 1. The van der Waals surface area contributed by atoms with Crippen LogP contribution in [-0.4, -0.2) is 44.4 Å². The van der Waals surface area contributed by atoms with Crippen molar-refractivity contribution in [2.45, 2.75) is 18.9 Å². The van der Waals surface area contributed by atoms with Crippen LogP contribution in [0.25, 0.3) is 4.96 Å². The van der Waals surface area contributed by atoms with Crippen LogP contribution in [0.2, 0.25) is 0 Å². The fourth-order valence-electron chi connectivity index (χ4n) is 1.76. The van der Waals surface area contributed by atoms with Gasteiger partial charge in [-0.1, -0.05) is 0 Å². The Balaban J connectivity index is 1.93. The summed E-state index contributed by atoms with van der Waals surface area (Å²) >= 11 is 3.04. The lowest BCUT2D eigenvalue weighted by Crippen LogP contribution is -2.41. The van der Waals surface area contributed by atoms with E-state index in [1.807, 2.05) is 22.2 Å². The molecule has 0 saturated carbocycles. The van der Waals surface area contributed by atoms with Crippen molar-refractivity contribution in [3.05, 3.63) is 23.5 Å². The smallest absolute Gasteiger partial charge is 0.326 e. The molecule has 0 fully saturated rings. The zero-order chi connectivity index (χ0) is 14.5. The van der Waals surface area contributed by atoms with E-state index in [0.29, 0.717) is 17.9 Å². The van der Waals surface area contributed by atoms with E-state index in [-0.39, 0.29) is 12.3 Å². The number of thioether (sulfide) groups is 1. The molecule has 0 aliphatic heterocycles. The third-order valence-corrected chi connectivity index (χ3v) is 4.14. The molecule has 0 aromatic carbocycles. The molecule has 0 aliphatic carbocycles. The molecule has 0 spiro atoms. The average molecular weight is 313 g/mol. The number of thiazole rings is 1. The van der Waals surface area contributed by atoms with Gasteiger partial charge in [0.05, 0.1) is 12.1 Å². The molecule has 1 atom stereocenters. The number of carbonyl (C=O) groups excluding carboxylic acids is 1. The molecule has 2 rings (SSSR count). The van der Waals surface area contributed by atoms with E-state index in [1.165, 1.54) is 11.3 Å². The summed E-state index contributed by atoms with van der Waals surface area (Å²) in [5.41, 5.74) is 0.642. The maximum atomic E-state index is 11.9. The third-order valence-electron chi connectivity index (χ3n) is 2.73. The molecule has 2 aromatic heterocycles. The Bertz CT molecular complexity index is 579. The van der Waals surface area contributed by atoms with E-state index < -0.39 is 12.0 Å². The zero-order valence-corrected chi connectivity index (χ0v) is 12.5. The lowest BCUT2D eigenvalue weighted by atomic mass is 10.2. The summed E-state index contributed by atoms with van der Waals surface area (Å²) < 4.78 is 1.84. The van der Waals surface area contributed by atoms with Gasteiger partial charge in [-0.05, 0) is 18.4 Å². The van der Waals surface area contributed by atoms with Crippen molar-refractivity contribution in [2.75, 3.05) is 12.0 Å². The largest absolute Gasteiger partial charge is 0.480 e. The van der Waals surface area contributed by atoms with Gasteiger partial charge < -0.3 is 10.4 Å². The number of hydrogen-bond acceptors (Lipinski definition) is 5. The van der Waals surface area contributed by atoms with Gasteiger partial charge in [0.2, 0.25) is 5.91 Å². The molecule has 0 radical (unpaired) electrons. The monoisotopic (exact) mass is 313 g/mol. The second-order valence-corrected chi connectivity index (χ2v) is 6.10. The maximum absolute atomic E-state index is 11.9. The number of nitrogens with one attached hydrogen (secondary N) is 1. The summed E-state index contributed by atoms with van der Waals surface area (Å²) in [7, 11) is 0. The van der Waals surface area contributed by atoms with Crippen LogP contribution < -0.4 is 5.32 Å². The van der Waals surface area contributed by atoms with Crippen LogP contribution in [-0.2, 0) is 16.0 Å². The van der Waals surface area contributed by atoms with Crippen molar-refractivity contribution >= 4 is 39.9 Å². The van der Waals surface area contributed by atoms with E-state index in [2.05, 4.69) is 10.3 Å². The number of nitrogens with zero attached hydrogens (tertiary/aromatic N) is 2. The van der Waals surface area contributed by atoms with Gasteiger partial charge in [-0.15, -0.1) is 11.3 Å². The minimum Gasteiger partial charge on any atom is -0.480 e. The first kappa shape index (κ1) is 14.9. The Hall–Kier alpha value is -1.54. The topological polar surface area (TPSA) is 83.7 Å². The molecule has 2 N–H and O–H groups in total. The van der Waals surface area contributed by atoms with Gasteiger partial charge in [-0.2, -0.15) is 11.8 Å². The van der Waals surface area contributed by atoms with Crippen LogP contribution in [0.4, 0.5) is 0 Å². The highest BCUT2D eigenvalue weighted by molar-refractivity contribution is 7.98. The molecular formula is C12H15N3O3S2. The van der Waals surface area contributed by atoms with Crippen molar-refractivity contribution in [3.63, 3.8) is 0 Å². The van der Waals surface area contributed by atoms with Crippen molar-refractivity contribution in [2.24, 2.45) is 0 Å². The van der Waals surface area contributed by atoms with Gasteiger partial charge in [0.15, 0.2) is 4.96 Å². The van der Waals surface area contributed by atoms with Gasteiger partial charge >= 0.3 is 5.97 Å². The summed E-state index contributed by atoms with van der Waals surface area (Å²) in [5.74, 6) is -0.625. The van der Waals surface area contributed by atoms with Crippen LogP contribution >= 0.6 is 23.1 Å². The number of hydrogen-bond donors (Lipinski definition) is 2. The van der Waals surface area contributed by atoms with Crippen LogP contribution in [0.1, 0.15) is 12.1 Å². The van der Waals surface area contributed by atoms with E-state index in [1.54, 1.807) is 18.0 Å². The summed E-state index contributed by atoms with van der Waals surface area (Å²) in [6, 6.07) is -0.835. The number of carbonyl (C=O) groups is 2. The standard InChI is InChI=1S/C12H15N3O3S2/c1-19-4-2-9(11(17)18)14-10(16)6-8-7-15-3-5-20-12(15)13-8/h3,5,7,9H,2,4,6H2,1H3,(H,14,16)(H,17,18). The Morgan fingerprint density at radius 2 is 2.40 bits per heavy atom. The average Bonchev–Trinajstić information content (AvgIpc) is 2.94. The highest BCUT2D eigenvalue weighted by Crippen LogP contribution is 2.11. The van der Waals surface area contributed by atoms with Crippen LogP contribution in [0.3, 0.4) is 0 Å². The first-order valence-electron chi connectivity index (χ1n) is 6.02. The van der Waals surface area contributed by atoms with Crippen molar-refractivity contribution in [3.8, 4) is 0 Å². The number of fused-ring (bicyclic) bond motifs is 1. The molecule has 2 heterocycles. The van der Waals surface area contributed by atoms with Crippen molar-refractivity contribution < 1.29 is 14.7 Å².